The predicted octanol–water partition coefficient (Wildman–Crippen LogP) is 4.31. The highest BCUT2D eigenvalue weighted by atomic mass is 35.5. The molecule has 0 aliphatic carbocycles. The van der Waals surface area contributed by atoms with Crippen LogP contribution in [-0.4, -0.2) is 30.4 Å². The number of hydrogen-bond donors (Lipinski definition) is 1. The Morgan fingerprint density at radius 3 is 2.68 bits per heavy atom. The summed E-state index contributed by atoms with van der Waals surface area (Å²) in [5, 5.41) is 3.74. The number of rotatable bonds is 5. The summed E-state index contributed by atoms with van der Waals surface area (Å²) in [4.78, 5) is 14.5. The van der Waals surface area contributed by atoms with Gasteiger partial charge in [-0.3, -0.25) is 9.69 Å². The van der Waals surface area contributed by atoms with E-state index in [-0.39, 0.29) is 11.9 Å². The molecule has 1 heterocycles. The van der Waals surface area contributed by atoms with Crippen LogP contribution < -0.4 is 5.32 Å². The molecule has 2 aromatic rings. The van der Waals surface area contributed by atoms with E-state index in [2.05, 4.69) is 40.6 Å². The van der Waals surface area contributed by atoms with Crippen molar-refractivity contribution in [3.05, 3.63) is 76.8 Å². The van der Waals surface area contributed by atoms with Gasteiger partial charge < -0.3 is 5.32 Å². The van der Waals surface area contributed by atoms with Gasteiger partial charge in [0.05, 0.1) is 12.6 Å². The molecule has 1 aliphatic heterocycles. The van der Waals surface area contributed by atoms with Crippen LogP contribution in [-0.2, 0) is 4.79 Å². The van der Waals surface area contributed by atoms with Gasteiger partial charge in [-0.05, 0) is 42.2 Å². The largest absolute Gasteiger partial charge is 0.348 e. The normalized spacial score (nSPS) is 16.2. The lowest BCUT2D eigenvalue weighted by atomic mass is 9.99. The third-order valence-electron chi connectivity index (χ3n) is 4.53. The molecular formula is C21H23ClN2O. The third-order valence-corrected chi connectivity index (χ3v) is 4.77. The van der Waals surface area contributed by atoms with Crippen molar-refractivity contribution in [2.75, 3.05) is 19.6 Å². The van der Waals surface area contributed by atoms with Crippen LogP contribution in [0.15, 0.2) is 60.7 Å². The summed E-state index contributed by atoms with van der Waals surface area (Å²) in [5.41, 5.74) is 3.66. The molecule has 1 N–H and O–H groups in total. The summed E-state index contributed by atoms with van der Waals surface area (Å²) in [6.45, 7) is 4.11. The van der Waals surface area contributed by atoms with E-state index in [1.54, 1.807) is 0 Å². The maximum atomic E-state index is 12.3. The zero-order valence-corrected chi connectivity index (χ0v) is 15.2. The molecule has 0 bridgehead atoms. The van der Waals surface area contributed by atoms with Crippen molar-refractivity contribution in [2.24, 2.45) is 0 Å². The Labute approximate surface area is 154 Å². The Morgan fingerprint density at radius 2 is 2.00 bits per heavy atom. The van der Waals surface area contributed by atoms with Gasteiger partial charge in [0, 0.05) is 18.1 Å². The molecule has 0 saturated carbocycles. The zero-order chi connectivity index (χ0) is 17.6. The van der Waals surface area contributed by atoms with Gasteiger partial charge in [0.1, 0.15) is 0 Å². The molecule has 0 spiro atoms. The van der Waals surface area contributed by atoms with Gasteiger partial charge in [-0.25, -0.2) is 0 Å². The van der Waals surface area contributed by atoms with Crippen molar-refractivity contribution in [1.29, 1.82) is 0 Å². The molecule has 1 atom stereocenters. The van der Waals surface area contributed by atoms with Crippen molar-refractivity contribution in [3.8, 4) is 0 Å². The van der Waals surface area contributed by atoms with Crippen LogP contribution >= 0.6 is 11.6 Å². The van der Waals surface area contributed by atoms with Gasteiger partial charge in [-0.15, -0.1) is 0 Å². The lowest BCUT2D eigenvalue weighted by Gasteiger charge is -2.26. The summed E-state index contributed by atoms with van der Waals surface area (Å²) >= 11 is 6.02. The van der Waals surface area contributed by atoms with E-state index in [1.165, 1.54) is 11.1 Å². The average Bonchev–Trinajstić information content (AvgIpc) is 2.63. The van der Waals surface area contributed by atoms with Crippen LogP contribution in [0, 0.1) is 0 Å². The fourth-order valence-electron chi connectivity index (χ4n) is 3.12. The molecule has 4 heteroatoms. The number of benzene rings is 2. The minimum absolute atomic E-state index is 0.0454. The number of carbonyl (C=O) groups excluding carboxylic acids is 1. The molecule has 25 heavy (non-hydrogen) atoms. The molecule has 0 radical (unpaired) electrons. The summed E-state index contributed by atoms with van der Waals surface area (Å²) < 4.78 is 0. The van der Waals surface area contributed by atoms with Gasteiger partial charge in [0.2, 0.25) is 5.91 Å². The summed E-state index contributed by atoms with van der Waals surface area (Å²) in [5.74, 6) is 0.0454. The van der Waals surface area contributed by atoms with Crippen molar-refractivity contribution >= 4 is 23.1 Å². The lowest BCUT2D eigenvalue weighted by Crippen LogP contribution is -2.40. The Balaban J connectivity index is 1.52. The molecule has 130 valence electrons. The van der Waals surface area contributed by atoms with Crippen molar-refractivity contribution in [2.45, 2.75) is 19.4 Å². The van der Waals surface area contributed by atoms with E-state index >= 15 is 0 Å². The van der Waals surface area contributed by atoms with Gasteiger partial charge in [-0.1, -0.05) is 60.1 Å². The summed E-state index contributed by atoms with van der Waals surface area (Å²) in [6.07, 6.45) is 3.20. The van der Waals surface area contributed by atoms with E-state index < -0.39 is 0 Å². The maximum Gasteiger partial charge on any atom is 0.234 e. The van der Waals surface area contributed by atoms with Crippen molar-refractivity contribution < 1.29 is 4.79 Å². The van der Waals surface area contributed by atoms with Gasteiger partial charge in [0.25, 0.3) is 0 Å². The van der Waals surface area contributed by atoms with Crippen LogP contribution in [0.1, 0.15) is 30.5 Å². The average molecular weight is 355 g/mol. The third kappa shape index (κ3) is 4.94. The molecule has 1 amide bonds. The van der Waals surface area contributed by atoms with Crippen LogP contribution in [0.4, 0.5) is 0 Å². The Hall–Kier alpha value is -2.10. The van der Waals surface area contributed by atoms with E-state index in [0.717, 1.165) is 25.1 Å². The summed E-state index contributed by atoms with van der Waals surface area (Å²) in [7, 11) is 0. The monoisotopic (exact) mass is 354 g/mol. The second-order valence-corrected chi connectivity index (χ2v) is 6.86. The maximum absolute atomic E-state index is 12.3. The van der Waals surface area contributed by atoms with Crippen LogP contribution in [0.3, 0.4) is 0 Å². The number of carbonyl (C=O) groups is 1. The first-order valence-corrected chi connectivity index (χ1v) is 9.01. The molecule has 0 aromatic heterocycles. The van der Waals surface area contributed by atoms with E-state index in [0.29, 0.717) is 11.6 Å². The van der Waals surface area contributed by atoms with E-state index in [1.807, 2.05) is 37.3 Å². The second-order valence-electron chi connectivity index (χ2n) is 6.42. The predicted molar refractivity (Wildman–Crippen MR) is 103 cm³/mol. The molecule has 2 aromatic carbocycles. The number of halogens is 1. The van der Waals surface area contributed by atoms with Crippen LogP contribution in [0.2, 0.25) is 5.02 Å². The summed E-state index contributed by atoms with van der Waals surface area (Å²) in [6, 6.07) is 18.0. The first-order valence-electron chi connectivity index (χ1n) is 8.63. The standard InChI is InChI=1S/C21H23ClN2O/c1-16(19-8-5-9-20(22)14-19)23-21(25)15-24-12-10-18(11-13-24)17-6-3-2-4-7-17/h2-10,14,16H,11-13,15H2,1H3,(H,23,25). The Morgan fingerprint density at radius 1 is 1.20 bits per heavy atom. The van der Waals surface area contributed by atoms with Crippen LogP contribution in [0.5, 0.6) is 0 Å². The Bertz CT molecular complexity index is 758. The Kier molecular flexibility index (Phi) is 5.90. The number of amides is 1. The second kappa shape index (κ2) is 8.32. The molecule has 0 saturated heterocycles. The molecule has 3 rings (SSSR count). The molecule has 1 unspecified atom stereocenters. The highest BCUT2D eigenvalue weighted by molar-refractivity contribution is 6.30. The molecular weight excluding hydrogens is 332 g/mol. The first kappa shape index (κ1) is 17.7. The number of hydrogen-bond acceptors (Lipinski definition) is 2. The lowest BCUT2D eigenvalue weighted by molar-refractivity contribution is -0.122. The number of nitrogens with zero attached hydrogens (tertiary/aromatic N) is 1. The zero-order valence-electron chi connectivity index (χ0n) is 14.4. The number of nitrogens with one attached hydrogen (secondary N) is 1. The van der Waals surface area contributed by atoms with Crippen molar-refractivity contribution in [3.63, 3.8) is 0 Å². The SMILES string of the molecule is CC(NC(=O)CN1CC=C(c2ccccc2)CC1)c1cccc(Cl)c1. The topological polar surface area (TPSA) is 32.3 Å². The minimum Gasteiger partial charge on any atom is -0.348 e. The van der Waals surface area contributed by atoms with E-state index in [9.17, 15) is 4.79 Å². The first-order chi connectivity index (χ1) is 12.1. The minimum atomic E-state index is -0.0496. The molecule has 0 fully saturated rings. The fraction of sp³-hybridized carbons (Fsp3) is 0.286. The van der Waals surface area contributed by atoms with Crippen molar-refractivity contribution in [1.82, 2.24) is 10.2 Å². The van der Waals surface area contributed by atoms with Gasteiger partial charge >= 0.3 is 0 Å². The van der Waals surface area contributed by atoms with E-state index in [4.69, 9.17) is 11.6 Å². The van der Waals surface area contributed by atoms with Gasteiger partial charge in [0.15, 0.2) is 0 Å². The molecule has 1 aliphatic rings. The van der Waals surface area contributed by atoms with Crippen LogP contribution in [0.25, 0.3) is 5.57 Å². The molecule has 3 nitrogen and oxygen atoms in total. The smallest absolute Gasteiger partial charge is 0.234 e. The quantitative estimate of drug-likeness (QED) is 0.867. The highest BCUT2D eigenvalue weighted by Crippen LogP contribution is 2.22. The van der Waals surface area contributed by atoms with Gasteiger partial charge in [-0.2, -0.15) is 0 Å². The highest BCUT2D eigenvalue weighted by Gasteiger charge is 2.17. The fourth-order valence-corrected chi connectivity index (χ4v) is 3.32.